The zero-order valence-electron chi connectivity index (χ0n) is 20.2. The van der Waals surface area contributed by atoms with Gasteiger partial charge < -0.3 is 20.1 Å². The van der Waals surface area contributed by atoms with Gasteiger partial charge in [-0.05, 0) is 85.6 Å². The lowest BCUT2D eigenvalue weighted by atomic mass is 10.1. The molecule has 0 saturated heterocycles. The first-order valence-electron chi connectivity index (χ1n) is 11.8. The van der Waals surface area contributed by atoms with E-state index in [9.17, 15) is 9.59 Å². The Morgan fingerprint density at radius 3 is 2.03 bits per heavy atom. The molecule has 0 bridgehead atoms. The van der Waals surface area contributed by atoms with Crippen molar-refractivity contribution in [2.24, 2.45) is 0 Å². The van der Waals surface area contributed by atoms with Gasteiger partial charge in [0.25, 0.3) is 11.8 Å². The third-order valence-corrected chi connectivity index (χ3v) is 5.55. The van der Waals surface area contributed by atoms with Gasteiger partial charge in [0.1, 0.15) is 17.2 Å². The fourth-order valence-corrected chi connectivity index (χ4v) is 3.56. The van der Waals surface area contributed by atoms with E-state index in [0.29, 0.717) is 22.7 Å². The van der Waals surface area contributed by atoms with Gasteiger partial charge in [-0.25, -0.2) is 0 Å². The molecule has 0 spiro atoms. The van der Waals surface area contributed by atoms with Crippen LogP contribution in [0.15, 0.2) is 103 Å². The Balaban J connectivity index is 1.30. The average Bonchev–Trinajstić information content (AvgIpc) is 2.91. The summed E-state index contributed by atoms with van der Waals surface area (Å²) in [7, 11) is 0. The van der Waals surface area contributed by atoms with E-state index >= 15 is 0 Å². The first-order chi connectivity index (χ1) is 17.5. The summed E-state index contributed by atoms with van der Waals surface area (Å²) in [5.74, 6) is 1.42. The summed E-state index contributed by atoms with van der Waals surface area (Å²) in [6.07, 6.45) is 0.0933. The quantitative estimate of drug-likeness (QED) is 0.279. The van der Waals surface area contributed by atoms with E-state index in [1.165, 1.54) is 0 Å². The Bertz CT molecular complexity index is 1300. The summed E-state index contributed by atoms with van der Waals surface area (Å²) in [5, 5.41) is 5.79. The molecule has 0 aliphatic rings. The van der Waals surface area contributed by atoms with Crippen LogP contribution in [0, 0.1) is 0 Å². The van der Waals surface area contributed by atoms with Crippen LogP contribution in [0.5, 0.6) is 17.2 Å². The van der Waals surface area contributed by atoms with Crippen molar-refractivity contribution in [2.75, 3.05) is 10.6 Å². The maximum atomic E-state index is 12.6. The fraction of sp³-hybridized carbons (Fsp3) is 0.133. The number of nitrogens with one attached hydrogen (secondary N) is 2. The molecule has 0 saturated carbocycles. The topological polar surface area (TPSA) is 76.7 Å². The predicted molar refractivity (Wildman–Crippen MR) is 142 cm³/mol. The van der Waals surface area contributed by atoms with Crippen LogP contribution in [0.25, 0.3) is 0 Å². The maximum absolute atomic E-state index is 12.6. The number of hydrogen-bond donors (Lipinski definition) is 2. The largest absolute Gasteiger partial charge is 0.481 e. The molecule has 0 aromatic heterocycles. The monoisotopic (exact) mass is 480 g/mol. The number of carbonyl (C=O) groups is 2. The summed E-state index contributed by atoms with van der Waals surface area (Å²) < 4.78 is 11.5. The summed E-state index contributed by atoms with van der Waals surface area (Å²) in [6, 6.07) is 31.0. The number of aryl methyl sites for hydroxylation is 1. The lowest BCUT2D eigenvalue weighted by Crippen LogP contribution is -2.30. The zero-order valence-corrected chi connectivity index (χ0v) is 20.2. The van der Waals surface area contributed by atoms with Crippen LogP contribution in [0.2, 0.25) is 0 Å². The van der Waals surface area contributed by atoms with Gasteiger partial charge in [0.15, 0.2) is 6.10 Å². The highest BCUT2D eigenvalue weighted by Gasteiger charge is 2.16. The number of amides is 2. The Hall–Kier alpha value is -4.58. The molecule has 2 N–H and O–H groups in total. The minimum Gasteiger partial charge on any atom is -0.481 e. The maximum Gasteiger partial charge on any atom is 0.265 e. The Labute approximate surface area is 210 Å². The number of ether oxygens (including phenoxy) is 2. The van der Waals surface area contributed by atoms with E-state index in [1.807, 2.05) is 61.5 Å². The molecular weight excluding hydrogens is 452 g/mol. The van der Waals surface area contributed by atoms with Crippen molar-refractivity contribution in [3.05, 3.63) is 114 Å². The Morgan fingerprint density at radius 1 is 0.722 bits per heavy atom. The minimum absolute atomic E-state index is 0.201. The van der Waals surface area contributed by atoms with Crippen LogP contribution in [-0.2, 0) is 11.2 Å². The first kappa shape index (κ1) is 24.5. The number of carbonyl (C=O) groups excluding carboxylic acids is 2. The van der Waals surface area contributed by atoms with Gasteiger partial charge >= 0.3 is 0 Å². The molecule has 0 radical (unpaired) electrons. The van der Waals surface area contributed by atoms with Crippen molar-refractivity contribution < 1.29 is 19.1 Å². The molecule has 6 nitrogen and oxygen atoms in total. The molecule has 4 aromatic carbocycles. The van der Waals surface area contributed by atoms with Crippen LogP contribution in [0.3, 0.4) is 0 Å². The molecule has 0 aliphatic carbocycles. The van der Waals surface area contributed by atoms with Crippen molar-refractivity contribution in [2.45, 2.75) is 26.4 Å². The Kier molecular flexibility index (Phi) is 7.98. The highest BCUT2D eigenvalue weighted by atomic mass is 16.5. The molecule has 4 rings (SSSR count). The predicted octanol–water partition coefficient (Wildman–Crippen LogP) is 6.70. The number of hydrogen-bond acceptors (Lipinski definition) is 4. The Morgan fingerprint density at radius 2 is 1.33 bits per heavy atom. The fourth-order valence-electron chi connectivity index (χ4n) is 3.56. The van der Waals surface area contributed by atoms with Crippen molar-refractivity contribution in [3.63, 3.8) is 0 Å². The van der Waals surface area contributed by atoms with Gasteiger partial charge in [-0.1, -0.05) is 43.3 Å². The second-order valence-electron chi connectivity index (χ2n) is 8.18. The molecular formula is C30H28N2O4. The highest BCUT2D eigenvalue weighted by Crippen LogP contribution is 2.23. The van der Waals surface area contributed by atoms with E-state index in [-0.39, 0.29) is 11.8 Å². The molecule has 2 amide bonds. The normalized spacial score (nSPS) is 11.3. The lowest BCUT2D eigenvalue weighted by molar-refractivity contribution is -0.122. The van der Waals surface area contributed by atoms with Crippen molar-refractivity contribution in [1.29, 1.82) is 0 Å². The molecule has 0 heterocycles. The summed E-state index contributed by atoms with van der Waals surface area (Å²) in [4.78, 5) is 25.2. The number of rotatable bonds is 9. The number of para-hydroxylation sites is 2. The minimum atomic E-state index is -0.735. The molecule has 0 aliphatic heterocycles. The van der Waals surface area contributed by atoms with Crippen molar-refractivity contribution in [3.8, 4) is 17.2 Å². The van der Waals surface area contributed by atoms with E-state index in [2.05, 4.69) is 10.6 Å². The van der Waals surface area contributed by atoms with Crippen LogP contribution in [0.4, 0.5) is 11.4 Å². The van der Waals surface area contributed by atoms with E-state index in [0.717, 1.165) is 23.4 Å². The summed E-state index contributed by atoms with van der Waals surface area (Å²) in [6.45, 7) is 3.72. The molecule has 0 fully saturated rings. The van der Waals surface area contributed by atoms with Gasteiger partial charge in [-0.2, -0.15) is 0 Å². The van der Waals surface area contributed by atoms with Gasteiger partial charge in [0.2, 0.25) is 0 Å². The van der Waals surface area contributed by atoms with E-state index < -0.39 is 6.10 Å². The third-order valence-electron chi connectivity index (χ3n) is 5.55. The van der Waals surface area contributed by atoms with Crippen molar-refractivity contribution in [1.82, 2.24) is 0 Å². The molecule has 36 heavy (non-hydrogen) atoms. The summed E-state index contributed by atoms with van der Waals surface area (Å²) in [5.41, 5.74) is 3.01. The first-order valence-corrected chi connectivity index (χ1v) is 11.8. The van der Waals surface area contributed by atoms with Gasteiger partial charge in [-0.3, -0.25) is 9.59 Å². The molecule has 1 atom stereocenters. The van der Waals surface area contributed by atoms with Crippen LogP contribution in [0.1, 0.15) is 29.8 Å². The van der Waals surface area contributed by atoms with Crippen molar-refractivity contribution >= 4 is 23.2 Å². The van der Waals surface area contributed by atoms with Crippen LogP contribution >= 0.6 is 0 Å². The molecule has 6 heteroatoms. The second-order valence-corrected chi connectivity index (χ2v) is 8.18. The average molecular weight is 481 g/mol. The molecule has 182 valence electrons. The van der Waals surface area contributed by atoms with Gasteiger partial charge in [0.05, 0.1) is 0 Å². The molecule has 4 aromatic rings. The lowest BCUT2D eigenvalue weighted by Gasteiger charge is -2.15. The van der Waals surface area contributed by atoms with Gasteiger partial charge in [0, 0.05) is 16.9 Å². The van der Waals surface area contributed by atoms with Gasteiger partial charge in [-0.15, -0.1) is 0 Å². The number of benzene rings is 4. The van der Waals surface area contributed by atoms with E-state index in [1.54, 1.807) is 55.5 Å². The molecule has 1 unspecified atom stereocenters. The third kappa shape index (κ3) is 6.51. The number of anilines is 2. The zero-order chi connectivity index (χ0) is 25.3. The standard InChI is InChI=1S/C30H28N2O4/c1-3-22-9-7-8-12-28(22)32-30(34)23-13-17-26(18-14-23)35-21(2)29(33)31-24-15-19-27(20-16-24)36-25-10-5-4-6-11-25/h4-21H,3H2,1-2H3,(H,31,33)(H,32,34). The van der Waals surface area contributed by atoms with E-state index in [4.69, 9.17) is 9.47 Å². The summed E-state index contributed by atoms with van der Waals surface area (Å²) >= 11 is 0. The van der Waals surface area contributed by atoms with Crippen LogP contribution < -0.4 is 20.1 Å². The van der Waals surface area contributed by atoms with Crippen LogP contribution in [-0.4, -0.2) is 17.9 Å². The second kappa shape index (κ2) is 11.7. The highest BCUT2D eigenvalue weighted by molar-refractivity contribution is 6.04. The smallest absolute Gasteiger partial charge is 0.265 e. The SMILES string of the molecule is CCc1ccccc1NC(=O)c1ccc(OC(C)C(=O)Nc2ccc(Oc3ccccc3)cc2)cc1.